The zero-order chi connectivity index (χ0) is 13.9. The zero-order valence-corrected chi connectivity index (χ0v) is 11.6. The number of carboxylic acids is 1. The highest BCUT2D eigenvalue weighted by Gasteiger charge is 2.54. The maximum Gasteiger partial charge on any atom is 0.307 e. The molecule has 3 saturated carbocycles. The monoisotopic (exact) mass is 275 g/mol. The van der Waals surface area contributed by atoms with Crippen LogP contribution in [0.1, 0.15) is 32.1 Å². The number of fused-ring (bicyclic) bond motifs is 2. The average Bonchev–Trinajstić information content (AvgIpc) is 3.33. The van der Waals surface area contributed by atoms with Crippen LogP contribution in [0.5, 0.6) is 0 Å². The maximum absolute atomic E-state index is 12.9. The summed E-state index contributed by atoms with van der Waals surface area (Å²) in [5.74, 6) is -0.537. The minimum Gasteiger partial charge on any atom is -0.481 e. The van der Waals surface area contributed by atoms with Crippen molar-refractivity contribution in [2.45, 2.75) is 38.1 Å². The Bertz CT molecular complexity index is 478. The molecule has 0 saturated heterocycles. The quantitative estimate of drug-likeness (QED) is 0.780. The molecular formula is C16H21NO3. The highest BCUT2D eigenvalue weighted by atomic mass is 16.4. The van der Waals surface area contributed by atoms with E-state index in [-0.39, 0.29) is 23.7 Å². The lowest BCUT2D eigenvalue weighted by Gasteiger charge is -2.31. The summed E-state index contributed by atoms with van der Waals surface area (Å²) < 4.78 is 0. The van der Waals surface area contributed by atoms with E-state index in [4.69, 9.17) is 0 Å². The second-order valence-corrected chi connectivity index (χ2v) is 7.00. The van der Waals surface area contributed by atoms with Gasteiger partial charge in [0.2, 0.25) is 5.91 Å². The molecule has 0 radical (unpaired) electrons. The number of carbonyl (C=O) groups excluding carboxylic acids is 1. The van der Waals surface area contributed by atoms with Crippen LogP contribution in [0, 0.1) is 29.6 Å². The summed E-state index contributed by atoms with van der Waals surface area (Å²) in [6, 6.07) is 0.403. The van der Waals surface area contributed by atoms with E-state index in [1.54, 1.807) is 0 Å². The van der Waals surface area contributed by atoms with Gasteiger partial charge in [-0.25, -0.2) is 0 Å². The first-order valence-corrected chi connectivity index (χ1v) is 7.86. The van der Waals surface area contributed by atoms with Crippen LogP contribution in [0.25, 0.3) is 0 Å². The number of carboxylic acid groups (broad SMARTS) is 1. The van der Waals surface area contributed by atoms with E-state index in [1.807, 2.05) is 11.0 Å². The molecule has 0 aliphatic heterocycles. The van der Waals surface area contributed by atoms with Crippen LogP contribution >= 0.6 is 0 Å². The Morgan fingerprint density at radius 1 is 1.05 bits per heavy atom. The molecule has 4 aliphatic rings. The average molecular weight is 275 g/mol. The molecule has 20 heavy (non-hydrogen) atoms. The minimum atomic E-state index is -0.789. The van der Waals surface area contributed by atoms with Crippen LogP contribution in [0.3, 0.4) is 0 Å². The normalized spacial score (nSPS) is 38.2. The molecule has 1 amide bonds. The number of allylic oxidation sites excluding steroid dienone is 2. The third kappa shape index (κ3) is 1.97. The third-order valence-corrected chi connectivity index (χ3v) is 5.45. The van der Waals surface area contributed by atoms with Crippen molar-refractivity contribution in [1.82, 2.24) is 4.90 Å². The Kier molecular flexibility index (Phi) is 2.69. The predicted molar refractivity (Wildman–Crippen MR) is 72.8 cm³/mol. The molecule has 108 valence electrons. The Labute approximate surface area is 118 Å². The summed E-state index contributed by atoms with van der Waals surface area (Å²) in [4.78, 5) is 26.5. The fourth-order valence-electron chi connectivity index (χ4n) is 4.07. The van der Waals surface area contributed by atoms with Gasteiger partial charge in [-0.1, -0.05) is 12.2 Å². The van der Waals surface area contributed by atoms with Gasteiger partial charge in [-0.05, 0) is 49.9 Å². The number of rotatable bonds is 5. The summed E-state index contributed by atoms with van der Waals surface area (Å²) in [6.07, 6.45) is 9.62. The van der Waals surface area contributed by atoms with Crippen LogP contribution in [0.15, 0.2) is 12.2 Å². The summed E-state index contributed by atoms with van der Waals surface area (Å²) >= 11 is 0. The molecule has 0 aromatic heterocycles. The lowest BCUT2D eigenvalue weighted by Crippen LogP contribution is -2.44. The van der Waals surface area contributed by atoms with Crippen molar-refractivity contribution < 1.29 is 14.7 Å². The van der Waals surface area contributed by atoms with Gasteiger partial charge in [0.05, 0.1) is 11.8 Å². The van der Waals surface area contributed by atoms with Crippen LogP contribution in [-0.2, 0) is 9.59 Å². The summed E-state index contributed by atoms with van der Waals surface area (Å²) in [5, 5.41) is 9.48. The highest BCUT2D eigenvalue weighted by molar-refractivity contribution is 5.87. The highest BCUT2D eigenvalue weighted by Crippen LogP contribution is 2.50. The molecule has 3 fully saturated rings. The molecule has 4 heteroatoms. The summed E-state index contributed by atoms with van der Waals surface area (Å²) in [7, 11) is 0. The van der Waals surface area contributed by atoms with E-state index in [2.05, 4.69) is 6.08 Å². The van der Waals surface area contributed by atoms with E-state index >= 15 is 0 Å². The number of carbonyl (C=O) groups is 2. The molecule has 4 atom stereocenters. The second kappa shape index (κ2) is 4.34. The Morgan fingerprint density at radius 3 is 2.25 bits per heavy atom. The van der Waals surface area contributed by atoms with Gasteiger partial charge in [0.25, 0.3) is 0 Å². The summed E-state index contributed by atoms with van der Waals surface area (Å²) in [5.41, 5.74) is 0. The van der Waals surface area contributed by atoms with Gasteiger partial charge in [-0.15, -0.1) is 0 Å². The predicted octanol–water partition coefficient (Wildman–Crippen LogP) is 1.91. The Hall–Kier alpha value is -1.32. The number of hydrogen-bond acceptors (Lipinski definition) is 2. The van der Waals surface area contributed by atoms with Crippen LogP contribution in [0.4, 0.5) is 0 Å². The number of nitrogens with zero attached hydrogens (tertiary/aromatic N) is 1. The van der Waals surface area contributed by atoms with Gasteiger partial charge in [0.15, 0.2) is 0 Å². The van der Waals surface area contributed by atoms with E-state index < -0.39 is 11.9 Å². The van der Waals surface area contributed by atoms with Crippen molar-refractivity contribution in [3.05, 3.63) is 12.2 Å². The Morgan fingerprint density at radius 2 is 1.70 bits per heavy atom. The fourth-order valence-corrected chi connectivity index (χ4v) is 4.07. The van der Waals surface area contributed by atoms with Crippen molar-refractivity contribution in [2.24, 2.45) is 29.6 Å². The molecule has 0 spiro atoms. The van der Waals surface area contributed by atoms with Gasteiger partial charge < -0.3 is 10.0 Å². The molecule has 2 bridgehead atoms. The third-order valence-electron chi connectivity index (χ3n) is 5.45. The zero-order valence-electron chi connectivity index (χ0n) is 11.6. The minimum absolute atomic E-state index is 0.0772. The first-order chi connectivity index (χ1) is 9.65. The molecule has 0 aromatic rings. The lowest BCUT2D eigenvalue weighted by molar-refractivity contribution is -0.151. The topological polar surface area (TPSA) is 57.6 Å². The molecule has 1 N–H and O–H groups in total. The number of amides is 1. The van der Waals surface area contributed by atoms with Gasteiger partial charge in [-0.2, -0.15) is 0 Å². The standard InChI is InChI=1S/C16H21NO3/c18-15(17(12-5-6-12)8-9-1-2-9)13-10-3-4-11(7-10)14(13)16(19)20/h3-4,9-14H,1-2,5-8H2,(H,19,20)/t10?,11?,13-,14+/m0/s1. The summed E-state index contributed by atoms with van der Waals surface area (Å²) in [6.45, 7) is 0.868. The second-order valence-electron chi connectivity index (χ2n) is 7.00. The number of hydrogen-bond donors (Lipinski definition) is 1. The molecule has 2 unspecified atom stereocenters. The smallest absolute Gasteiger partial charge is 0.307 e. The SMILES string of the molecule is O=C(O)[C@@H]1C2C=CC(C2)[C@@H]1C(=O)N(CC1CC1)C1CC1. The number of aliphatic carboxylic acids is 1. The maximum atomic E-state index is 12.9. The largest absolute Gasteiger partial charge is 0.481 e. The van der Waals surface area contributed by atoms with Crippen LogP contribution in [0.2, 0.25) is 0 Å². The van der Waals surface area contributed by atoms with Crippen molar-refractivity contribution in [3.63, 3.8) is 0 Å². The van der Waals surface area contributed by atoms with E-state index in [9.17, 15) is 14.7 Å². The van der Waals surface area contributed by atoms with Crippen molar-refractivity contribution >= 4 is 11.9 Å². The molecule has 0 aromatic carbocycles. The van der Waals surface area contributed by atoms with Crippen LogP contribution < -0.4 is 0 Å². The van der Waals surface area contributed by atoms with Gasteiger partial charge >= 0.3 is 5.97 Å². The lowest BCUT2D eigenvalue weighted by atomic mass is 9.82. The molecule has 0 heterocycles. The molecule has 4 rings (SSSR count). The van der Waals surface area contributed by atoms with E-state index in [0.29, 0.717) is 12.0 Å². The first kappa shape index (κ1) is 12.4. The van der Waals surface area contributed by atoms with Crippen molar-refractivity contribution in [3.8, 4) is 0 Å². The fraction of sp³-hybridized carbons (Fsp3) is 0.750. The van der Waals surface area contributed by atoms with Gasteiger partial charge in [0.1, 0.15) is 0 Å². The molecule has 4 nitrogen and oxygen atoms in total. The van der Waals surface area contributed by atoms with Gasteiger partial charge in [-0.3, -0.25) is 9.59 Å². The first-order valence-electron chi connectivity index (χ1n) is 7.86. The van der Waals surface area contributed by atoms with Gasteiger partial charge in [0, 0.05) is 12.6 Å². The van der Waals surface area contributed by atoms with Crippen molar-refractivity contribution in [2.75, 3.05) is 6.54 Å². The molecular weight excluding hydrogens is 254 g/mol. The van der Waals surface area contributed by atoms with E-state index in [0.717, 1.165) is 25.8 Å². The Balaban J connectivity index is 1.56. The molecule has 4 aliphatic carbocycles. The van der Waals surface area contributed by atoms with Crippen LogP contribution in [-0.4, -0.2) is 34.5 Å². The van der Waals surface area contributed by atoms with Crippen molar-refractivity contribution in [1.29, 1.82) is 0 Å². The van der Waals surface area contributed by atoms with E-state index in [1.165, 1.54) is 12.8 Å².